The van der Waals surface area contributed by atoms with Gasteiger partial charge in [-0.2, -0.15) is 0 Å². The molecule has 12 N–H and O–H groups in total. The van der Waals surface area contributed by atoms with E-state index in [1.165, 1.54) is 25.1 Å². The second-order valence-electron chi connectivity index (χ2n) is 19.7. The normalized spacial score (nSPS) is 23.1. The van der Waals surface area contributed by atoms with E-state index in [1.54, 1.807) is 31.3 Å². The summed E-state index contributed by atoms with van der Waals surface area (Å²) >= 11 is 0.862. The molecule has 0 bridgehead atoms. The van der Waals surface area contributed by atoms with Crippen LogP contribution in [0.2, 0.25) is 0 Å². The molecule has 0 aromatic heterocycles. The zero-order valence-corrected chi connectivity index (χ0v) is 44.4. The van der Waals surface area contributed by atoms with Crippen molar-refractivity contribution in [2.45, 2.75) is 165 Å². The first kappa shape index (κ1) is 61.8. The fourth-order valence-corrected chi connectivity index (χ4v) is 10.7. The number of hydrogen-bond acceptors (Lipinski definition) is 17. The highest BCUT2D eigenvalue weighted by Crippen LogP contribution is 2.31. The number of carbonyl (C=O) groups is 9. The number of hydrogen-bond donors (Lipinski definition) is 11. The number of rotatable bonds is 31. The maximum Gasteiger partial charge on any atom is 0.321 e. The van der Waals surface area contributed by atoms with Crippen LogP contribution in [0.5, 0.6) is 0 Å². The van der Waals surface area contributed by atoms with Gasteiger partial charge in [0.2, 0.25) is 35.8 Å². The van der Waals surface area contributed by atoms with E-state index >= 15 is 0 Å². The number of likely N-dealkylation sites (tertiary alicyclic amines) is 2. The van der Waals surface area contributed by atoms with Gasteiger partial charge in [-0.1, -0.05) is 38.8 Å². The number of quaternary nitrogens is 1. The lowest BCUT2D eigenvalue weighted by Gasteiger charge is -2.46. The Morgan fingerprint density at radius 3 is 2.32 bits per heavy atom. The highest BCUT2D eigenvalue weighted by Gasteiger charge is 2.50. The third-order valence-electron chi connectivity index (χ3n) is 14.1. The molecule has 11 unspecified atom stereocenters. The van der Waals surface area contributed by atoms with Gasteiger partial charge in [-0.15, -0.1) is 11.8 Å². The number of carbonyl (C=O) groups excluding carboxylic acids is 7. The first-order valence-electron chi connectivity index (χ1n) is 25.6. The number of nitrogens with two attached hydrogens (primary N) is 1. The minimum Gasteiger partial charge on any atom is -0.507 e. The van der Waals surface area contributed by atoms with Crippen LogP contribution in [0.25, 0.3) is 0 Å². The number of aliphatic hydroxyl groups is 3. The van der Waals surface area contributed by atoms with Crippen molar-refractivity contribution in [3.05, 3.63) is 41.8 Å². The van der Waals surface area contributed by atoms with E-state index in [2.05, 4.69) is 26.6 Å². The molecule has 3 aliphatic heterocycles. The van der Waals surface area contributed by atoms with Crippen LogP contribution in [0.4, 0.5) is 5.69 Å². The molecule has 25 heteroatoms. The van der Waals surface area contributed by atoms with Crippen molar-refractivity contribution >= 4 is 70.8 Å². The van der Waals surface area contributed by atoms with E-state index in [0.717, 1.165) is 22.2 Å². The van der Waals surface area contributed by atoms with Crippen LogP contribution in [0.1, 0.15) is 110 Å². The predicted octanol–water partition coefficient (Wildman–Crippen LogP) is 0.606. The number of amides is 6. The SMILES string of the molecule is CCC(C)C(NC(=O)CCCCCN1C(=O)CC(SCC(NC(O)C(CC(=O)O)NC(=O)C(CCCCN)[N+]2(C)C=C(O)CC(NC)C2O)C(=O)O)C1=O)C(=O)N1CCCC1C(=O)Nc1ccc(COC(C)=O)cc1. The topological polar surface area (TPSA) is 357 Å². The van der Waals surface area contributed by atoms with Crippen molar-refractivity contribution in [2.75, 3.05) is 44.8 Å². The molecule has 24 nitrogen and oxygen atoms in total. The van der Waals surface area contributed by atoms with Crippen molar-refractivity contribution in [3.63, 3.8) is 0 Å². The van der Waals surface area contributed by atoms with Crippen molar-refractivity contribution in [1.29, 1.82) is 0 Å². The molecule has 3 aliphatic rings. The molecule has 0 aliphatic carbocycles. The number of ether oxygens (including phenoxy) is 1. The Bertz CT molecular complexity index is 2200. The maximum atomic E-state index is 14.0. The summed E-state index contributed by atoms with van der Waals surface area (Å²) in [5.74, 6) is -6.85. The number of esters is 1. The molecule has 2 saturated heterocycles. The van der Waals surface area contributed by atoms with Gasteiger partial charge in [0.1, 0.15) is 42.9 Å². The summed E-state index contributed by atoms with van der Waals surface area (Å²) in [4.78, 5) is 119. The summed E-state index contributed by atoms with van der Waals surface area (Å²) in [6, 6.07) is 0.293. The number of imide groups is 1. The van der Waals surface area contributed by atoms with Gasteiger partial charge in [0.15, 0.2) is 6.04 Å². The number of unbranched alkanes of at least 4 members (excludes halogenated alkanes) is 3. The molecule has 1 aromatic rings. The van der Waals surface area contributed by atoms with Crippen molar-refractivity contribution in [2.24, 2.45) is 11.7 Å². The van der Waals surface area contributed by atoms with E-state index in [9.17, 15) is 68.7 Å². The Labute approximate surface area is 441 Å². The molecule has 3 heterocycles. The Morgan fingerprint density at radius 1 is 0.987 bits per heavy atom. The third-order valence-corrected chi connectivity index (χ3v) is 15.4. The summed E-state index contributed by atoms with van der Waals surface area (Å²) < 4.78 is 4.53. The zero-order valence-electron chi connectivity index (χ0n) is 43.5. The summed E-state index contributed by atoms with van der Waals surface area (Å²) in [6.45, 7) is 5.86. The van der Waals surface area contributed by atoms with Gasteiger partial charge in [-0.25, -0.2) is 0 Å². The van der Waals surface area contributed by atoms with Gasteiger partial charge in [0.25, 0.3) is 5.91 Å². The fourth-order valence-electron chi connectivity index (χ4n) is 9.53. The van der Waals surface area contributed by atoms with Gasteiger partial charge in [0, 0.05) is 57.1 Å². The van der Waals surface area contributed by atoms with E-state index in [-0.39, 0.29) is 74.0 Å². The second kappa shape index (κ2) is 29.6. The summed E-state index contributed by atoms with van der Waals surface area (Å²) in [5, 5.41) is 65.6. The van der Waals surface area contributed by atoms with Crippen LogP contribution in [-0.2, 0) is 54.5 Å². The number of thioether (sulfide) groups is 1. The van der Waals surface area contributed by atoms with Gasteiger partial charge in [-0.3, -0.25) is 57.9 Å². The molecule has 2 fully saturated rings. The first-order chi connectivity index (χ1) is 35.5. The van der Waals surface area contributed by atoms with Crippen molar-refractivity contribution in [3.8, 4) is 0 Å². The largest absolute Gasteiger partial charge is 0.507 e. The Balaban J connectivity index is 1.27. The number of nitrogens with one attached hydrogen (secondary N) is 5. The predicted molar refractivity (Wildman–Crippen MR) is 275 cm³/mol. The highest BCUT2D eigenvalue weighted by atomic mass is 32.2. The number of aliphatic hydroxyl groups excluding tert-OH is 3. The van der Waals surface area contributed by atoms with Crippen LogP contribution in [-0.4, -0.2) is 187 Å². The number of likely N-dealkylation sites (N-methyl/N-ethyl adjacent to an activating group) is 2. The highest BCUT2D eigenvalue weighted by molar-refractivity contribution is 8.00. The van der Waals surface area contributed by atoms with Crippen LogP contribution >= 0.6 is 11.8 Å². The molecule has 1 aromatic carbocycles. The summed E-state index contributed by atoms with van der Waals surface area (Å²) in [5.41, 5.74) is 6.95. The quantitative estimate of drug-likeness (QED) is 0.0159. The zero-order chi connectivity index (χ0) is 55.6. The molecular weight excluding hydrogens is 999 g/mol. The van der Waals surface area contributed by atoms with Gasteiger partial charge < -0.3 is 62.2 Å². The van der Waals surface area contributed by atoms with Crippen molar-refractivity contribution < 1.29 is 77.9 Å². The minimum atomic E-state index is -1.93. The Kier molecular flexibility index (Phi) is 24.4. The third kappa shape index (κ3) is 17.7. The summed E-state index contributed by atoms with van der Waals surface area (Å²) in [6.07, 6.45) is 1.16. The number of nitrogens with zero attached hydrogens (tertiary/aromatic N) is 3. The lowest BCUT2D eigenvalue weighted by Crippen LogP contribution is -2.68. The van der Waals surface area contributed by atoms with Gasteiger partial charge in [-0.05, 0) is 75.7 Å². The molecular formula is C50H78N9O15S+. The van der Waals surface area contributed by atoms with Crippen LogP contribution in [0.3, 0.4) is 0 Å². The minimum absolute atomic E-state index is 0.0457. The van der Waals surface area contributed by atoms with E-state index in [0.29, 0.717) is 70.1 Å². The molecule has 4 rings (SSSR count). The smallest absolute Gasteiger partial charge is 0.321 e. The number of carboxylic acid groups (broad SMARTS) is 2. The number of anilines is 1. The number of aliphatic carboxylic acids is 2. The van der Waals surface area contributed by atoms with E-state index in [4.69, 9.17) is 10.5 Å². The average Bonchev–Trinajstić information content (AvgIpc) is 3.96. The Hall–Kier alpha value is -5.70. The molecule has 418 valence electrons. The van der Waals surface area contributed by atoms with Crippen molar-refractivity contribution in [1.82, 2.24) is 31.1 Å². The average molecular weight is 1080 g/mol. The fraction of sp³-hybridized carbons (Fsp3) is 0.660. The van der Waals surface area contributed by atoms with Crippen LogP contribution < -0.4 is 32.3 Å². The molecule has 6 amide bonds. The number of benzene rings is 1. The lowest BCUT2D eigenvalue weighted by atomic mass is 9.97. The lowest BCUT2D eigenvalue weighted by molar-refractivity contribution is -0.928. The first-order valence-corrected chi connectivity index (χ1v) is 26.7. The Morgan fingerprint density at radius 2 is 1.69 bits per heavy atom. The monoisotopic (exact) mass is 1080 g/mol. The molecule has 0 saturated carbocycles. The summed E-state index contributed by atoms with van der Waals surface area (Å²) in [7, 11) is 3.11. The van der Waals surface area contributed by atoms with Gasteiger partial charge in [0.05, 0.1) is 30.8 Å². The van der Waals surface area contributed by atoms with E-state index in [1.807, 2.05) is 13.8 Å². The maximum absolute atomic E-state index is 14.0. The molecule has 75 heavy (non-hydrogen) atoms. The molecule has 0 spiro atoms. The second-order valence-corrected chi connectivity index (χ2v) is 20.9. The van der Waals surface area contributed by atoms with Gasteiger partial charge >= 0.3 is 17.9 Å². The van der Waals surface area contributed by atoms with E-state index < -0.39 is 100 Å². The molecule has 0 radical (unpaired) electrons. The molecule has 11 atom stereocenters. The van der Waals surface area contributed by atoms with Crippen LogP contribution in [0, 0.1) is 5.92 Å². The van der Waals surface area contributed by atoms with Crippen LogP contribution in [0.15, 0.2) is 36.2 Å². The number of carboxylic acids is 2. The standard InChI is InChI=1S/C50H77N9O15S/c1-6-29(2)43(48(70)57-22-12-13-37(57)45(67)53-32-18-16-31(17-19-32)27-74-30(3)60)56-40(62)15-8-7-11-21-58-41(63)25-39(47(58)69)75-28-36(50(72)73)55-44(66)34(24-42(64)65)54-46(68)38(14-9-10-20-51)59(5)26-33(61)23-35(52-4)49(59)71/h16-19,26,29,34-39,43-44,49,52,55,66,71H,6-15,20-25,27-28,51H2,1-5H3,(H5-,53,54,56,61,62,64,65,67,68,72,73)/p+1.